The van der Waals surface area contributed by atoms with Crippen molar-refractivity contribution < 1.29 is 19.1 Å². The van der Waals surface area contributed by atoms with Crippen molar-refractivity contribution in [3.63, 3.8) is 0 Å². The van der Waals surface area contributed by atoms with E-state index in [-0.39, 0.29) is 17.6 Å². The van der Waals surface area contributed by atoms with Gasteiger partial charge in [-0.25, -0.2) is 4.79 Å². The zero-order chi connectivity index (χ0) is 29.0. The van der Waals surface area contributed by atoms with E-state index in [1.807, 2.05) is 62.4 Å². The van der Waals surface area contributed by atoms with Gasteiger partial charge in [0.2, 0.25) is 5.91 Å². The van der Waals surface area contributed by atoms with Gasteiger partial charge in [-0.15, -0.1) is 0 Å². The fourth-order valence-electron chi connectivity index (χ4n) is 4.31. The van der Waals surface area contributed by atoms with Crippen molar-refractivity contribution in [1.82, 2.24) is 10.2 Å². The Morgan fingerprint density at radius 2 is 1.67 bits per heavy atom. The predicted molar refractivity (Wildman–Crippen MR) is 161 cm³/mol. The maximum Gasteiger partial charge on any atom is 0.408 e. The smallest absolute Gasteiger partial charge is 0.408 e. The first kappa shape index (κ1) is 32.2. The maximum atomic E-state index is 14.0. The molecule has 0 aliphatic carbocycles. The molecule has 2 unspecified atom stereocenters. The lowest BCUT2D eigenvalue weighted by Gasteiger charge is -2.34. The molecule has 0 saturated carbocycles. The summed E-state index contributed by atoms with van der Waals surface area (Å²) in [6.07, 6.45) is 4.24. The molecule has 2 N–H and O–H groups in total. The summed E-state index contributed by atoms with van der Waals surface area (Å²) >= 11 is 4.37. The molecule has 0 radical (unpaired) electrons. The topological polar surface area (TPSA) is 87.7 Å². The minimum Gasteiger partial charge on any atom is -0.444 e. The molecule has 3 amide bonds. The molecule has 8 heteroatoms. The molecule has 0 saturated heterocycles. The zero-order valence-corrected chi connectivity index (χ0v) is 25.1. The maximum absolute atomic E-state index is 14.0. The molecular formula is C31H45N3O4S. The van der Waals surface area contributed by atoms with Crippen LogP contribution >= 0.6 is 12.6 Å². The van der Waals surface area contributed by atoms with Gasteiger partial charge in [0.1, 0.15) is 17.7 Å². The Bertz CT molecular complexity index is 1100. The van der Waals surface area contributed by atoms with Crippen molar-refractivity contribution in [1.29, 1.82) is 0 Å². The van der Waals surface area contributed by atoms with E-state index in [9.17, 15) is 14.4 Å². The number of nitrogens with zero attached hydrogens (tertiary/aromatic N) is 1. The quantitative estimate of drug-likeness (QED) is 0.192. The Hall–Kier alpha value is -3.00. The number of nitrogens with one attached hydrogen (secondary N) is 2. The molecular weight excluding hydrogens is 510 g/mol. The van der Waals surface area contributed by atoms with Gasteiger partial charge in [-0.2, -0.15) is 12.6 Å². The number of ether oxygens (including phenoxy) is 1. The van der Waals surface area contributed by atoms with Gasteiger partial charge in [0.25, 0.3) is 5.91 Å². The van der Waals surface area contributed by atoms with E-state index in [2.05, 4.69) is 30.2 Å². The standard InChI is InChI=1S/C31H45N3O4S/c1-7-8-9-10-13-19-34(29(36)26(21-39)33-30(37)38-31(4,5)6)27(24-17-14-15-22(2)20-24)28(35)32-25-18-12-11-16-23(25)3/h11-12,14-18,20,26-27,39H,7-10,13,19,21H2,1-6H3,(H,32,35)(H,33,37). The van der Waals surface area contributed by atoms with Crippen molar-refractivity contribution >= 4 is 36.2 Å². The average molecular weight is 556 g/mol. The minimum absolute atomic E-state index is 0.0599. The van der Waals surface area contributed by atoms with Crippen LogP contribution in [0.3, 0.4) is 0 Å². The van der Waals surface area contributed by atoms with Gasteiger partial charge in [0.15, 0.2) is 0 Å². The van der Waals surface area contributed by atoms with Crippen LogP contribution in [0, 0.1) is 13.8 Å². The summed E-state index contributed by atoms with van der Waals surface area (Å²) in [7, 11) is 0. The molecule has 2 rings (SSSR count). The van der Waals surface area contributed by atoms with E-state index in [0.717, 1.165) is 43.2 Å². The number of carbonyl (C=O) groups is 3. The number of alkyl carbamates (subject to hydrolysis) is 1. The molecule has 2 atom stereocenters. The van der Waals surface area contributed by atoms with Crippen molar-refractivity contribution in [2.45, 2.75) is 91.3 Å². The number of aryl methyl sites for hydroxylation is 2. The molecule has 0 aliphatic rings. The summed E-state index contributed by atoms with van der Waals surface area (Å²) < 4.78 is 5.39. The van der Waals surface area contributed by atoms with E-state index in [1.165, 1.54) is 0 Å². The molecule has 214 valence electrons. The predicted octanol–water partition coefficient (Wildman–Crippen LogP) is 6.61. The number of hydrogen-bond donors (Lipinski definition) is 3. The van der Waals surface area contributed by atoms with Gasteiger partial charge >= 0.3 is 6.09 Å². The van der Waals surface area contributed by atoms with Crippen LogP contribution in [-0.4, -0.2) is 46.7 Å². The second kappa shape index (κ2) is 15.6. The number of anilines is 1. The Morgan fingerprint density at radius 1 is 0.974 bits per heavy atom. The van der Waals surface area contributed by atoms with Crippen LogP contribution in [0.15, 0.2) is 48.5 Å². The highest BCUT2D eigenvalue weighted by Crippen LogP contribution is 2.27. The summed E-state index contributed by atoms with van der Waals surface area (Å²) in [6.45, 7) is 11.7. The fraction of sp³-hybridized carbons (Fsp3) is 0.516. The van der Waals surface area contributed by atoms with Gasteiger partial charge < -0.3 is 20.3 Å². The van der Waals surface area contributed by atoms with Gasteiger partial charge in [0.05, 0.1) is 0 Å². The van der Waals surface area contributed by atoms with Crippen LogP contribution in [0.5, 0.6) is 0 Å². The van der Waals surface area contributed by atoms with E-state index in [1.54, 1.807) is 25.7 Å². The van der Waals surface area contributed by atoms with E-state index in [4.69, 9.17) is 4.74 Å². The summed E-state index contributed by atoms with van der Waals surface area (Å²) in [5.74, 6) is -0.630. The summed E-state index contributed by atoms with van der Waals surface area (Å²) in [4.78, 5) is 42.1. The number of benzene rings is 2. The Balaban J connectivity index is 2.47. The Morgan fingerprint density at radius 3 is 2.28 bits per heavy atom. The van der Waals surface area contributed by atoms with E-state index < -0.39 is 23.8 Å². The van der Waals surface area contributed by atoms with Gasteiger partial charge in [-0.05, 0) is 58.2 Å². The number of hydrogen-bond acceptors (Lipinski definition) is 5. The number of thiol groups is 1. The van der Waals surface area contributed by atoms with Crippen LogP contribution in [0.4, 0.5) is 10.5 Å². The van der Waals surface area contributed by atoms with Gasteiger partial charge in [0, 0.05) is 18.0 Å². The lowest BCUT2D eigenvalue weighted by Crippen LogP contribution is -2.53. The molecule has 7 nitrogen and oxygen atoms in total. The third kappa shape index (κ3) is 10.6. The number of carbonyl (C=O) groups excluding carboxylic acids is 3. The first-order valence-corrected chi connectivity index (χ1v) is 14.4. The second-order valence-corrected chi connectivity index (χ2v) is 11.3. The molecule has 0 aliphatic heterocycles. The first-order valence-electron chi connectivity index (χ1n) is 13.8. The number of unbranched alkanes of at least 4 members (excludes halogenated alkanes) is 4. The third-order valence-corrected chi connectivity index (χ3v) is 6.64. The molecule has 2 aromatic carbocycles. The van der Waals surface area contributed by atoms with Gasteiger partial charge in [-0.3, -0.25) is 9.59 Å². The zero-order valence-electron chi connectivity index (χ0n) is 24.3. The van der Waals surface area contributed by atoms with Crippen LogP contribution < -0.4 is 10.6 Å². The third-order valence-electron chi connectivity index (χ3n) is 6.28. The molecule has 0 bridgehead atoms. The molecule has 0 aromatic heterocycles. The molecule has 39 heavy (non-hydrogen) atoms. The summed E-state index contributed by atoms with van der Waals surface area (Å²) in [5, 5.41) is 5.71. The second-order valence-electron chi connectivity index (χ2n) is 10.9. The van der Waals surface area contributed by atoms with Crippen molar-refractivity contribution in [3.05, 3.63) is 65.2 Å². The van der Waals surface area contributed by atoms with Crippen LogP contribution in [0.2, 0.25) is 0 Å². The Kier molecular flexibility index (Phi) is 12.8. The van der Waals surface area contributed by atoms with Crippen LogP contribution in [0.1, 0.15) is 82.5 Å². The fourth-order valence-corrected chi connectivity index (χ4v) is 4.56. The largest absolute Gasteiger partial charge is 0.444 e. The highest BCUT2D eigenvalue weighted by Gasteiger charge is 2.36. The number of para-hydroxylation sites is 1. The molecule has 2 aromatic rings. The van der Waals surface area contributed by atoms with Crippen LogP contribution in [0.25, 0.3) is 0 Å². The number of rotatable bonds is 13. The highest BCUT2D eigenvalue weighted by molar-refractivity contribution is 7.80. The van der Waals surface area contributed by atoms with E-state index in [0.29, 0.717) is 17.8 Å². The average Bonchev–Trinajstić information content (AvgIpc) is 2.86. The Labute approximate surface area is 239 Å². The molecule has 0 fully saturated rings. The first-order chi connectivity index (χ1) is 18.5. The van der Waals surface area contributed by atoms with Gasteiger partial charge in [-0.1, -0.05) is 80.6 Å². The molecule has 0 spiro atoms. The highest BCUT2D eigenvalue weighted by atomic mass is 32.1. The number of amides is 3. The summed E-state index contributed by atoms with van der Waals surface area (Å²) in [5.41, 5.74) is 2.58. The lowest BCUT2D eigenvalue weighted by atomic mass is 10.00. The summed E-state index contributed by atoms with van der Waals surface area (Å²) in [6, 6.07) is 13.3. The van der Waals surface area contributed by atoms with Crippen molar-refractivity contribution in [2.75, 3.05) is 17.6 Å². The van der Waals surface area contributed by atoms with E-state index >= 15 is 0 Å². The lowest BCUT2D eigenvalue weighted by molar-refractivity contribution is -0.140. The minimum atomic E-state index is -0.961. The molecule has 0 heterocycles. The normalized spacial score (nSPS) is 12.8. The monoisotopic (exact) mass is 555 g/mol. The van der Waals surface area contributed by atoms with Crippen molar-refractivity contribution in [3.8, 4) is 0 Å². The van der Waals surface area contributed by atoms with Crippen molar-refractivity contribution in [2.24, 2.45) is 0 Å². The SMILES string of the molecule is CCCCCCCN(C(=O)C(CS)NC(=O)OC(C)(C)C)C(C(=O)Nc1ccccc1C)c1cccc(C)c1. The van der Waals surface area contributed by atoms with Crippen LogP contribution in [-0.2, 0) is 14.3 Å².